The van der Waals surface area contributed by atoms with Crippen molar-refractivity contribution in [3.05, 3.63) is 0 Å². The van der Waals surface area contributed by atoms with E-state index >= 15 is 0 Å². The van der Waals surface area contributed by atoms with Crippen molar-refractivity contribution in [3.63, 3.8) is 0 Å². The van der Waals surface area contributed by atoms with E-state index in [1.807, 2.05) is 0 Å². The van der Waals surface area contributed by atoms with Crippen LogP contribution in [-0.4, -0.2) is 43.7 Å². The first-order chi connectivity index (χ1) is 6.38. The zero-order chi connectivity index (χ0) is 10.8. The lowest BCUT2D eigenvalue weighted by molar-refractivity contribution is -0.159. The second-order valence-electron chi connectivity index (χ2n) is 3.59. The Morgan fingerprint density at radius 3 is 2.43 bits per heavy atom. The van der Waals surface area contributed by atoms with Crippen molar-refractivity contribution in [2.24, 2.45) is 5.92 Å². The Hall–Kier alpha value is -0.780. The van der Waals surface area contributed by atoms with E-state index in [2.05, 4.69) is 5.32 Å². The van der Waals surface area contributed by atoms with Crippen molar-refractivity contribution in [2.75, 3.05) is 26.7 Å². The number of nitrogens with zero attached hydrogens (tertiary/aromatic N) is 1. The van der Waals surface area contributed by atoms with Gasteiger partial charge in [0.05, 0.1) is 0 Å². The summed E-state index contributed by atoms with van der Waals surface area (Å²) in [4.78, 5) is 12.0. The summed E-state index contributed by atoms with van der Waals surface area (Å²) in [6, 6.07) is 0. The highest BCUT2D eigenvalue weighted by atomic mass is 19.4. The molecule has 1 rings (SSSR count). The Bertz CT molecular complexity index is 213. The highest BCUT2D eigenvalue weighted by molar-refractivity contribution is 5.76. The van der Waals surface area contributed by atoms with Gasteiger partial charge in [-0.25, -0.2) is 0 Å². The average Bonchev–Trinajstić information content (AvgIpc) is 1.92. The molecule has 1 N–H and O–H groups in total. The fraction of sp³-hybridized carbons (Fsp3) is 0.875. The minimum atomic E-state index is -4.30. The third kappa shape index (κ3) is 3.53. The van der Waals surface area contributed by atoms with Crippen molar-refractivity contribution in [3.8, 4) is 0 Å². The molecule has 1 fully saturated rings. The molecule has 0 spiro atoms. The van der Waals surface area contributed by atoms with E-state index < -0.39 is 18.6 Å². The quantitative estimate of drug-likeness (QED) is 0.740. The van der Waals surface area contributed by atoms with Crippen LogP contribution >= 0.6 is 0 Å². The van der Waals surface area contributed by atoms with Gasteiger partial charge in [0.1, 0.15) is 6.54 Å². The van der Waals surface area contributed by atoms with Gasteiger partial charge in [0, 0.05) is 13.5 Å². The SMILES string of the molecule is CN(CC(F)(F)F)C(=O)CC1CNC1. The maximum absolute atomic E-state index is 11.9. The topological polar surface area (TPSA) is 32.3 Å². The minimum Gasteiger partial charge on any atom is -0.337 e. The lowest BCUT2D eigenvalue weighted by atomic mass is 9.99. The fourth-order valence-corrected chi connectivity index (χ4v) is 1.25. The lowest BCUT2D eigenvalue weighted by Gasteiger charge is -2.28. The van der Waals surface area contributed by atoms with Crippen LogP contribution < -0.4 is 5.32 Å². The predicted molar refractivity (Wildman–Crippen MR) is 44.7 cm³/mol. The monoisotopic (exact) mass is 210 g/mol. The number of carbonyl (C=O) groups excluding carboxylic acids is 1. The number of rotatable bonds is 3. The molecule has 82 valence electrons. The van der Waals surface area contributed by atoms with E-state index in [4.69, 9.17) is 0 Å². The molecule has 1 saturated heterocycles. The van der Waals surface area contributed by atoms with Gasteiger partial charge >= 0.3 is 6.18 Å². The van der Waals surface area contributed by atoms with Crippen LogP contribution in [0, 0.1) is 5.92 Å². The van der Waals surface area contributed by atoms with Crippen LogP contribution in [0.2, 0.25) is 0 Å². The molecule has 1 amide bonds. The maximum Gasteiger partial charge on any atom is 0.406 e. The molecule has 0 radical (unpaired) electrons. The third-order valence-electron chi connectivity index (χ3n) is 2.17. The Morgan fingerprint density at radius 1 is 1.50 bits per heavy atom. The first-order valence-electron chi connectivity index (χ1n) is 4.40. The van der Waals surface area contributed by atoms with Gasteiger partial charge in [-0.05, 0) is 19.0 Å². The zero-order valence-electron chi connectivity index (χ0n) is 7.90. The minimum absolute atomic E-state index is 0.207. The first kappa shape index (κ1) is 11.3. The highest BCUT2D eigenvalue weighted by Crippen LogP contribution is 2.17. The number of nitrogens with one attached hydrogen (secondary N) is 1. The predicted octanol–water partition coefficient (Wildman–Crippen LogP) is 0.617. The van der Waals surface area contributed by atoms with E-state index in [1.54, 1.807) is 0 Å². The van der Waals surface area contributed by atoms with Crippen molar-refractivity contribution in [2.45, 2.75) is 12.6 Å². The summed E-state index contributed by atoms with van der Waals surface area (Å²) in [5.41, 5.74) is 0. The van der Waals surface area contributed by atoms with E-state index in [9.17, 15) is 18.0 Å². The van der Waals surface area contributed by atoms with Gasteiger partial charge in [-0.1, -0.05) is 0 Å². The molecule has 1 aliphatic heterocycles. The molecule has 14 heavy (non-hydrogen) atoms. The second kappa shape index (κ2) is 4.16. The molecule has 1 heterocycles. The average molecular weight is 210 g/mol. The lowest BCUT2D eigenvalue weighted by Crippen LogP contribution is -2.45. The van der Waals surface area contributed by atoms with Crippen LogP contribution in [0.5, 0.6) is 0 Å². The summed E-state index contributed by atoms with van der Waals surface area (Å²) in [6.45, 7) is 0.295. The Morgan fingerprint density at radius 2 is 2.07 bits per heavy atom. The molecular formula is C8H13F3N2O. The maximum atomic E-state index is 11.9. The van der Waals surface area contributed by atoms with E-state index in [0.29, 0.717) is 0 Å². The van der Waals surface area contributed by atoms with Crippen LogP contribution in [0.4, 0.5) is 13.2 Å². The molecule has 0 aliphatic carbocycles. The molecule has 0 aromatic rings. The van der Waals surface area contributed by atoms with Crippen molar-refractivity contribution in [1.29, 1.82) is 0 Å². The van der Waals surface area contributed by atoms with E-state index in [1.165, 1.54) is 7.05 Å². The van der Waals surface area contributed by atoms with Crippen LogP contribution in [-0.2, 0) is 4.79 Å². The number of hydrogen-bond acceptors (Lipinski definition) is 2. The second-order valence-corrected chi connectivity index (χ2v) is 3.59. The summed E-state index contributed by atoms with van der Waals surface area (Å²) in [7, 11) is 1.18. The van der Waals surface area contributed by atoms with Gasteiger partial charge in [0.15, 0.2) is 0 Å². The molecule has 0 aromatic carbocycles. The summed E-state index contributed by atoms with van der Waals surface area (Å²) in [5, 5.41) is 2.96. The van der Waals surface area contributed by atoms with Crippen molar-refractivity contribution < 1.29 is 18.0 Å². The molecule has 0 atom stereocenters. The number of alkyl halides is 3. The normalized spacial score (nSPS) is 17.7. The molecule has 3 nitrogen and oxygen atoms in total. The molecule has 0 unspecified atom stereocenters. The molecule has 1 aliphatic rings. The molecule has 0 aromatic heterocycles. The van der Waals surface area contributed by atoms with E-state index in [0.717, 1.165) is 18.0 Å². The van der Waals surface area contributed by atoms with Gasteiger partial charge in [-0.3, -0.25) is 4.79 Å². The summed E-state index contributed by atoms with van der Waals surface area (Å²) >= 11 is 0. The molecule has 6 heteroatoms. The molecule has 0 saturated carbocycles. The van der Waals surface area contributed by atoms with Gasteiger partial charge in [0.25, 0.3) is 0 Å². The van der Waals surface area contributed by atoms with Crippen LogP contribution in [0.3, 0.4) is 0 Å². The van der Waals surface area contributed by atoms with Crippen LogP contribution in [0.1, 0.15) is 6.42 Å². The van der Waals surface area contributed by atoms with Crippen molar-refractivity contribution >= 4 is 5.91 Å². The summed E-state index contributed by atoms with van der Waals surface area (Å²) in [5.74, 6) is -0.230. The number of carbonyl (C=O) groups is 1. The van der Waals surface area contributed by atoms with Gasteiger partial charge in [0.2, 0.25) is 5.91 Å². The first-order valence-corrected chi connectivity index (χ1v) is 4.40. The van der Waals surface area contributed by atoms with Gasteiger partial charge in [-0.15, -0.1) is 0 Å². The highest BCUT2D eigenvalue weighted by Gasteiger charge is 2.32. The number of amides is 1. The number of halogens is 3. The van der Waals surface area contributed by atoms with E-state index in [-0.39, 0.29) is 12.3 Å². The largest absolute Gasteiger partial charge is 0.406 e. The Labute approximate surface area is 80.3 Å². The van der Waals surface area contributed by atoms with Crippen LogP contribution in [0.15, 0.2) is 0 Å². The fourth-order valence-electron chi connectivity index (χ4n) is 1.25. The standard InChI is InChI=1S/C8H13F3N2O/c1-13(5-8(9,10)11)7(14)2-6-3-12-4-6/h6,12H,2-5H2,1H3. The molecular weight excluding hydrogens is 197 g/mol. The number of hydrogen-bond donors (Lipinski definition) is 1. The Balaban J connectivity index is 2.28. The molecule has 0 bridgehead atoms. The zero-order valence-corrected chi connectivity index (χ0v) is 7.90. The smallest absolute Gasteiger partial charge is 0.337 e. The summed E-state index contributed by atoms with van der Waals surface area (Å²) < 4.78 is 35.7. The van der Waals surface area contributed by atoms with Crippen LogP contribution in [0.25, 0.3) is 0 Å². The third-order valence-corrected chi connectivity index (χ3v) is 2.17. The Kier molecular flexibility index (Phi) is 3.36. The van der Waals surface area contributed by atoms with Crippen molar-refractivity contribution in [1.82, 2.24) is 10.2 Å². The van der Waals surface area contributed by atoms with Gasteiger partial charge < -0.3 is 10.2 Å². The van der Waals surface area contributed by atoms with Gasteiger partial charge in [-0.2, -0.15) is 13.2 Å². The summed E-state index contributed by atoms with van der Waals surface area (Å²) in [6.07, 6.45) is -4.10.